The average Bonchev–Trinajstić information content (AvgIpc) is 2.37. The Hall–Kier alpha value is -1.81. The van der Waals surface area contributed by atoms with Crippen molar-refractivity contribution in [2.45, 2.75) is 38.0 Å². The Bertz CT molecular complexity index is 726. The Kier molecular flexibility index (Phi) is 4.10. The van der Waals surface area contributed by atoms with Crippen LogP contribution in [0.15, 0.2) is 53.4 Å². The van der Waals surface area contributed by atoms with Crippen molar-refractivity contribution in [1.82, 2.24) is 0 Å². The van der Waals surface area contributed by atoms with Crippen LogP contribution in [0.2, 0.25) is 0 Å². The number of hydrogen-bond acceptors (Lipinski definition) is 2. The van der Waals surface area contributed by atoms with Crippen molar-refractivity contribution >= 4 is 15.7 Å². The van der Waals surface area contributed by atoms with Gasteiger partial charge >= 0.3 is 0 Å². The van der Waals surface area contributed by atoms with Gasteiger partial charge in [-0.15, -0.1) is 0 Å². The highest BCUT2D eigenvalue weighted by Crippen LogP contribution is 2.24. The summed E-state index contributed by atoms with van der Waals surface area (Å²) in [4.78, 5) is 0.275. The maximum absolute atomic E-state index is 12.4. The normalized spacial score (nSPS) is 12.2. The third kappa shape index (κ3) is 3.85. The molecule has 2 aromatic rings. The molecule has 2 aromatic carbocycles. The molecule has 0 fully saturated rings. The van der Waals surface area contributed by atoms with Gasteiger partial charge in [0.05, 0.1) is 4.90 Å². The Morgan fingerprint density at radius 3 is 2.10 bits per heavy atom. The lowest BCUT2D eigenvalue weighted by atomic mass is 9.87. The molecule has 21 heavy (non-hydrogen) atoms. The molecule has 0 radical (unpaired) electrons. The summed E-state index contributed by atoms with van der Waals surface area (Å²) in [5.41, 5.74) is 2.71. The van der Waals surface area contributed by atoms with Gasteiger partial charge in [-0.05, 0) is 47.7 Å². The first-order valence-electron chi connectivity index (χ1n) is 6.88. The van der Waals surface area contributed by atoms with E-state index in [1.54, 1.807) is 24.3 Å². The summed E-state index contributed by atoms with van der Waals surface area (Å²) in [6.07, 6.45) is 0. The van der Waals surface area contributed by atoms with Crippen molar-refractivity contribution in [2.24, 2.45) is 0 Å². The second kappa shape index (κ2) is 5.53. The van der Waals surface area contributed by atoms with E-state index in [4.69, 9.17) is 0 Å². The summed E-state index contributed by atoms with van der Waals surface area (Å²) in [7, 11) is -3.54. The number of benzene rings is 2. The summed E-state index contributed by atoms with van der Waals surface area (Å²) in [5, 5.41) is 0. The van der Waals surface area contributed by atoms with Gasteiger partial charge in [0.15, 0.2) is 0 Å². The number of rotatable bonds is 3. The van der Waals surface area contributed by atoms with Gasteiger partial charge in [-0.1, -0.05) is 45.0 Å². The molecule has 0 aromatic heterocycles. The smallest absolute Gasteiger partial charge is 0.261 e. The first kappa shape index (κ1) is 15.6. The zero-order chi connectivity index (χ0) is 15.7. The molecular weight excluding hydrogens is 282 g/mol. The van der Waals surface area contributed by atoms with Crippen LogP contribution in [0.3, 0.4) is 0 Å². The maximum atomic E-state index is 12.4. The number of anilines is 1. The predicted octanol–water partition coefficient (Wildman–Crippen LogP) is 4.09. The van der Waals surface area contributed by atoms with Crippen LogP contribution < -0.4 is 4.72 Å². The van der Waals surface area contributed by atoms with Crippen molar-refractivity contribution in [1.29, 1.82) is 0 Å². The standard InChI is InChI=1S/C17H21NO2S/c1-13-6-5-7-15(12-13)18-21(19,20)16-10-8-14(9-11-16)17(2,3)4/h5-12,18H,1-4H3. The lowest BCUT2D eigenvalue weighted by Gasteiger charge is -2.19. The van der Waals surface area contributed by atoms with E-state index in [2.05, 4.69) is 25.5 Å². The van der Waals surface area contributed by atoms with Gasteiger partial charge in [-0.3, -0.25) is 4.72 Å². The van der Waals surface area contributed by atoms with Gasteiger partial charge in [0, 0.05) is 5.69 Å². The quantitative estimate of drug-likeness (QED) is 0.928. The van der Waals surface area contributed by atoms with E-state index in [-0.39, 0.29) is 10.3 Å². The van der Waals surface area contributed by atoms with Gasteiger partial charge in [0.25, 0.3) is 10.0 Å². The molecule has 0 aliphatic carbocycles. The topological polar surface area (TPSA) is 46.2 Å². The number of hydrogen-bond donors (Lipinski definition) is 1. The minimum Gasteiger partial charge on any atom is -0.280 e. The molecule has 0 bridgehead atoms. The molecule has 4 heteroatoms. The Morgan fingerprint density at radius 2 is 1.57 bits per heavy atom. The van der Waals surface area contributed by atoms with E-state index in [1.165, 1.54) is 0 Å². The monoisotopic (exact) mass is 303 g/mol. The minimum atomic E-state index is -3.54. The van der Waals surface area contributed by atoms with Gasteiger partial charge in [-0.2, -0.15) is 0 Å². The Labute approximate surface area is 127 Å². The molecule has 0 spiro atoms. The van der Waals surface area contributed by atoms with Crippen LogP contribution >= 0.6 is 0 Å². The first-order valence-corrected chi connectivity index (χ1v) is 8.37. The molecule has 0 unspecified atom stereocenters. The van der Waals surface area contributed by atoms with Crippen LogP contribution in [0.4, 0.5) is 5.69 Å². The lowest BCUT2D eigenvalue weighted by Crippen LogP contribution is -2.14. The largest absolute Gasteiger partial charge is 0.280 e. The van der Waals surface area contributed by atoms with Gasteiger partial charge in [0.2, 0.25) is 0 Å². The zero-order valence-corrected chi connectivity index (χ0v) is 13.7. The fourth-order valence-corrected chi connectivity index (χ4v) is 3.11. The summed E-state index contributed by atoms with van der Waals surface area (Å²) >= 11 is 0. The van der Waals surface area contributed by atoms with Crippen LogP contribution in [0.5, 0.6) is 0 Å². The second-order valence-corrected chi connectivity index (χ2v) is 7.93. The fraction of sp³-hybridized carbons (Fsp3) is 0.294. The molecule has 3 nitrogen and oxygen atoms in total. The fourth-order valence-electron chi connectivity index (χ4n) is 2.06. The van der Waals surface area contributed by atoms with Crippen molar-refractivity contribution in [3.05, 3.63) is 59.7 Å². The molecule has 0 aliphatic rings. The highest BCUT2D eigenvalue weighted by Gasteiger charge is 2.17. The summed E-state index contributed by atoms with van der Waals surface area (Å²) in [5.74, 6) is 0. The van der Waals surface area contributed by atoms with Crippen molar-refractivity contribution in [3.8, 4) is 0 Å². The van der Waals surface area contributed by atoms with Gasteiger partial charge < -0.3 is 0 Å². The zero-order valence-electron chi connectivity index (χ0n) is 12.8. The lowest BCUT2D eigenvalue weighted by molar-refractivity contribution is 0.587. The molecule has 112 valence electrons. The Balaban J connectivity index is 2.28. The number of aryl methyl sites for hydroxylation is 1. The molecule has 1 N–H and O–H groups in total. The first-order chi connectivity index (χ1) is 9.68. The third-order valence-corrected chi connectivity index (χ3v) is 4.70. The number of nitrogens with one attached hydrogen (secondary N) is 1. The van der Waals surface area contributed by atoms with Crippen molar-refractivity contribution in [2.75, 3.05) is 4.72 Å². The van der Waals surface area contributed by atoms with E-state index in [0.717, 1.165) is 11.1 Å². The van der Waals surface area contributed by atoms with Crippen LogP contribution in [0, 0.1) is 6.92 Å². The van der Waals surface area contributed by atoms with Crippen molar-refractivity contribution < 1.29 is 8.42 Å². The van der Waals surface area contributed by atoms with E-state index < -0.39 is 10.0 Å². The highest BCUT2D eigenvalue weighted by molar-refractivity contribution is 7.92. The predicted molar refractivity (Wildman–Crippen MR) is 87.1 cm³/mol. The average molecular weight is 303 g/mol. The SMILES string of the molecule is Cc1cccc(NS(=O)(=O)c2ccc(C(C)(C)C)cc2)c1. The molecule has 0 saturated carbocycles. The Morgan fingerprint density at radius 1 is 0.952 bits per heavy atom. The summed E-state index contributed by atoms with van der Waals surface area (Å²) < 4.78 is 27.3. The molecular formula is C17H21NO2S. The van der Waals surface area contributed by atoms with Crippen LogP contribution in [-0.2, 0) is 15.4 Å². The molecule has 0 heterocycles. The summed E-state index contributed by atoms with van der Waals surface area (Å²) in [6.45, 7) is 8.22. The minimum absolute atomic E-state index is 0.00621. The van der Waals surface area contributed by atoms with E-state index in [1.807, 2.05) is 31.2 Å². The van der Waals surface area contributed by atoms with Crippen LogP contribution in [0.1, 0.15) is 31.9 Å². The molecule has 2 rings (SSSR count). The van der Waals surface area contributed by atoms with Crippen LogP contribution in [-0.4, -0.2) is 8.42 Å². The van der Waals surface area contributed by atoms with E-state index in [9.17, 15) is 8.42 Å². The molecule has 0 aliphatic heterocycles. The van der Waals surface area contributed by atoms with E-state index in [0.29, 0.717) is 5.69 Å². The molecule has 0 atom stereocenters. The van der Waals surface area contributed by atoms with Gasteiger partial charge in [0.1, 0.15) is 0 Å². The van der Waals surface area contributed by atoms with E-state index >= 15 is 0 Å². The van der Waals surface area contributed by atoms with Crippen molar-refractivity contribution in [3.63, 3.8) is 0 Å². The molecule has 0 amide bonds. The third-order valence-electron chi connectivity index (χ3n) is 3.30. The number of sulfonamides is 1. The van der Waals surface area contributed by atoms with Gasteiger partial charge in [-0.25, -0.2) is 8.42 Å². The van der Waals surface area contributed by atoms with Crippen LogP contribution in [0.25, 0.3) is 0 Å². The molecule has 0 saturated heterocycles. The second-order valence-electron chi connectivity index (χ2n) is 6.25. The highest BCUT2D eigenvalue weighted by atomic mass is 32.2. The summed E-state index contributed by atoms with van der Waals surface area (Å²) in [6, 6.07) is 14.3. The maximum Gasteiger partial charge on any atom is 0.261 e.